The molecule has 1 aliphatic heterocycles. The molecule has 1 aromatic rings. The standard InChI is InChI=1S/C19H30N2O2/c1-14-16(12-17(23-14)15-8-9-15)18(22)20-19(2,3)13-21-10-6-4-5-7-11-21/h12,15H,4-11,13H2,1-3H3,(H,20,22). The summed E-state index contributed by atoms with van der Waals surface area (Å²) in [6.07, 6.45) is 7.59. The molecule has 1 saturated carbocycles. The summed E-state index contributed by atoms with van der Waals surface area (Å²) in [5.74, 6) is 2.27. The maximum Gasteiger partial charge on any atom is 0.255 e. The molecule has 1 saturated heterocycles. The molecule has 1 amide bonds. The maximum absolute atomic E-state index is 12.7. The number of furan rings is 1. The van der Waals surface area contributed by atoms with Crippen molar-refractivity contribution in [2.24, 2.45) is 0 Å². The smallest absolute Gasteiger partial charge is 0.255 e. The van der Waals surface area contributed by atoms with Gasteiger partial charge in [-0.05, 0) is 65.6 Å². The van der Waals surface area contributed by atoms with E-state index in [-0.39, 0.29) is 11.4 Å². The van der Waals surface area contributed by atoms with Crippen LogP contribution < -0.4 is 5.32 Å². The molecular weight excluding hydrogens is 288 g/mol. The maximum atomic E-state index is 12.7. The van der Waals surface area contributed by atoms with Crippen LogP contribution in [0.4, 0.5) is 0 Å². The van der Waals surface area contributed by atoms with Gasteiger partial charge in [0.1, 0.15) is 11.5 Å². The highest BCUT2D eigenvalue weighted by Crippen LogP contribution is 2.41. The molecule has 0 unspecified atom stereocenters. The Kier molecular flexibility index (Phi) is 4.81. The van der Waals surface area contributed by atoms with Gasteiger partial charge in [0.05, 0.1) is 5.56 Å². The third kappa shape index (κ3) is 4.37. The molecule has 4 nitrogen and oxygen atoms in total. The third-order valence-electron chi connectivity index (χ3n) is 4.93. The molecule has 0 spiro atoms. The van der Waals surface area contributed by atoms with Crippen LogP contribution >= 0.6 is 0 Å². The molecule has 0 atom stereocenters. The number of carbonyl (C=O) groups excluding carboxylic acids is 1. The first kappa shape index (κ1) is 16.6. The van der Waals surface area contributed by atoms with Crippen LogP contribution in [0.5, 0.6) is 0 Å². The SMILES string of the molecule is Cc1oc(C2CC2)cc1C(=O)NC(C)(C)CN1CCCCCC1. The molecular formula is C19H30N2O2. The molecule has 3 rings (SSSR count). The van der Waals surface area contributed by atoms with Gasteiger partial charge in [0.2, 0.25) is 0 Å². The second-order valence-electron chi connectivity index (χ2n) is 7.92. The summed E-state index contributed by atoms with van der Waals surface area (Å²) in [5.41, 5.74) is 0.473. The van der Waals surface area contributed by atoms with Crippen molar-refractivity contribution in [3.8, 4) is 0 Å². The van der Waals surface area contributed by atoms with Crippen molar-refractivity contribution >= 4 is 5.91 Å². The molecule has 2 aliphatic rings. The average Bonchev–Trinajstić information content (AvgIpc) is 3.26. The molecule has 2 heterocycles. The Labute approximate surface area is 139 Å². The van der Waals surface area contributed by atoms with Gasteiger partial charge in [-0.15, -0.1) is 0 Å². The highest BCUT2D eigenvalue weighted by molar-refractivity contribution is 5.95. The lowest BCUT2D eigenvalue weighted by atomic mass is 10.0. The summed E-state index contributed by atoms with van der Waals surface area (Å²) in [7, 11) is 0. The zero-order chi connectivity index (χ0) is 16.4. The van der Waals surface area contributed by atoms with Crippen molar-refractivity contribution in [1.29, 1.82) is 0 Å². The van der Waals surface area contributed by atoms with Gasteiger partial charge in [-0.2, -0.15) is 0 Å². The van der Waals surface area contributed by atoms with Crippen LogP contribution in [0.15, 0.2) is 10.5 Å². The molecule has 2 fully saturated rings. The molecule has 0 aromatic carbocycles. The Balaban J connectivity index is 1.60. The first-order chi connectivity index (χ1) is 10.9. The van der Waals surface area contributed by atoms with Crippen LogP contribution in [0.1, 0.15) is 80.2 Å². The molecule has 128 valence electrons. The van der Waals surface area contributed by atoms with Crippen LogP contribution in [-0.4, -0.2) is 36.0 Å². The minimum atomic E-state index is -0.231. The number of nitrogens with one attached hydrogen (secondary N) is 1. The summed E-state index contributed by atoms with van der Waals surface area (Å²) >= 11 is 0. The number of hydrogen-bond acceptors (Lipinski definition) is 3. The average molecular weight is 318 g/mol. The second kappa shape index (κ2) is 6.68. The van der Waals surface area contributed by atoms with Gasteiger partial charge < -0.3 is 14.6 Å². The van der Waals surface area contributed by atoms with Gasteiger partial charge in [0.25, 0.3) is 5.91 Å². The Morgan fingerprint density at radius 3 is 2.52 bits per heavy atom. The monoisotopic (exact) mass is 318 g/mol. The second-order valence-corrected chi connectivity index (χ2v) is 7.92. The lowest BCUT2D eigenvalue weighted by molar-refractivity contribution is 0.0886. The van der Waals surface area contributed by atoms with Crippen LogP contribution in [0.2, 0.25) is 0 Å². The van der Waals surface area contributed by atoms with Gasteiger partial charge in [-0.25, -0.2) is 0 Å². The lowest BCUT2D eigenvalue weighted by Gasteiger charge is -2.32. The minimum absolute atomic E-state index is 0.00188. The van der Waals surface area contributed by atoms with E-state index in [1.54, 1.807) is 0 Å². The van der Waals surface area contributed by atoms with E-state index >= 15 is 0 Å². The molecule has 4 heteroatoms. The van der Waals surface area contributed by atoms with E-state index in [4.69, 9.17) is 4.42 Å². The molecule has 1 N–H and O–H groups in total. The van der Waals surface area contributed by atoms with Gasteiger partial charge >= 0.3 is 0 Å². The van der Waals surface area contributed by atoms with Gasteiger partial charge in [0.15, 0.2) is 0 Å². The van der Waals surface area contributed by atoms with Crippen molar-refractivity contribution < 1.29 is 9.21 Å². The fourth-order valence-electron chi connectivity index (χ4n) is 3.57. The number of hydrogen-bond donors (Lipinski definition) is 1. The van der Waals surface area contributed by atoms with E-state index < -0.39 is 0 Å². The fraction of sp³-hybridized carbons (Fsp3) is 0.737. The summed E-state index contributed by atoms with van der Waals surface area (Å²) in [4.78, 5) is 15.1. The Morgan fingerprint density at radius 2 is 1.91 bits per heavy atom. The van der Waals surface area contributed by atoms with Crippen molar-refractivity contribution in [3.63, 3.8) is 0 Å². The van der Waals surface area contributed by atoms with E-state index in [1.165, 1.54) is 38.5 Å². The minimum Gasteiger partial charge on any atom is -0.465 e. The largest absolute Gasteiger partial charge is 0.465 e. The van der Waals surface area contributed by atoms with Crippen LogP contribution in [0, 0.1) is 6.92 Å². The number of aryl methyl sites for hydroxylation is 1. The van der Waals surface area contributed by atoms with Crippen molar-refractivity contribution in [2.75, 3.05) is 19.6 Å². The zero-order valence-electron chi connectivity index (χ0n) is 14.8. The highest BCUT2D eigenvalue weighted by Gasteiger charge is 2.31. The Morgan fingerprint density at radius 1 is 1.26 bits per heavy atom. The Bertz CT molecular complexity index is 550. The molecule has 0 bridgehead atoms. The molecule has 23 heavy (non-hydrogen) atoms. The van der Waals surface area contributed by atoms with E-state index in [9.17, 15) is 4.79 Å². The summed E-state index contributed by atoms with van der Waals surface area (Å²) < 4.78 is 5.77. The number of likely N-dealkylation sites (tertiary alicyclic amines) is 1. The molecule has 1 aromatic heterocycles. The first-order valence-electron chi connectivity index (χ1n) is 9.10. The number of carbonyl (C=O) groups is 1. The predicted octanol–water partition coefficient (Wildman–Crippen LogP) is 3.85. The lowest BCUT2D eigenvalue weighted by Crippen LogP contribution is -2.51. The van der Waals surface area contributed by atoms with E-state index in [0.29, 0.717) is 11.5 Å². The summed E-state index contributed by atoms with van der Waals surface area (Å²) in [6.45, 7) is 9.33. The van der Waals surface area contributed by atoms with Crippen LogP contribution in [0.3, 0.4) is 0 Å². The molecule has 1 aliphatic carbocycles. The predicted molar refractivity (Wildman–Crippen MR) is 91.9 cm³/mol. The quantitative estimate of drug-likeness (QED) is 0.897. The van der Waals surface area contributed by atoms with Crippen LogP contribution in [0.25, 0.3) is 0 Å². The van der Waals surface area contributed by atoms with Gasteiger partial charge in [0, 0.05) is 18.0 Å². The zero-order valence-corrected chi connectivity index (χ0v) is 14.8. The number of amides is 1. The normalized spacial score (nSPS) is 20.3. The van der Waals surface area contributed by atoms with Crippen molar-refractivity contribution in [1.82, 2.24) is 10.2 Å². The van der Waals surface area contributed by atoms with Crippen molar-refractivity contribution in [2.45, 2.75) is 70.8 Å². The number of nitrogens with zero attached hydrogens (tertiary/aromatic N) is 1. The fourth-order valence-corrected chi connectivity index (χ4v) is 3.57. The van der Waals surface area contributed by atoms with Crippen molar-refractivity contribution in [3.05, 3.63) is 23.2 Å². The summed E-state index contributed by atoms with van der Waals surface area (Å²) in [5, 5.41) is 3.21. The van der Waals surface area contributed by atoms with E-state index in [1.807, 2.05) is 13.0 Å². The third-order valence-corrected chi connectivity index (χ3v) is 4.93. The topological polar surface area (TPSA) is 45.5 Å². The van der Waals surface area contributed by atoms with Crippen LogP contribution in [-0.2, 0) is 0 Å². The first-order valence-corrected chi connectivity index (χ1v) is 9.10. The van der Waals surface area contributed by atoms with E-state index in [2.05, 4.69) is 24.1 Å². The van der Waals surface area contributed by atoms with E-state index in [0.717, 1.165) is 31.2 Å². The van der Waals surface area contributed by atoms with Gasteiger partial charge in [-0.1, -0.05) is 12.8 Å². The Hall–Kier alpha value is -1.29. The summed E-state index contributed by atoms with van der Waals surface area (Å²) in [6, 6.07) is 1.95. The number of rotatable bonds is 5. The highest BCUT2D eigenvalue weighted by atomic mass is 16.3. The van der Waals surface area contributed by atoms with Gasteiger partial charge in [-0.3, -0.25) is 4.79 Å². The molecule has 0 radical (unpaired) electrons.